The first-order valence-corrected chi connectivity index (χ1v) is 10.1. The summed E-state index contributed by atoms with van der Waals surface area (Å²) in [7, 11) is -4.02. The van der Waals surface area contributed by atoms with Gasteiger partial charge < -0.3 is 4.74 Å². The van der Waals surface area contributed by atoms with E-state index < -0.39 is 16.0 Å². The summed E-state index contributed by atoms with van der Waals surface area (Å²) in [6.45, 7) is 1.77. The predicted molar refractivity (Wildman–Crippen MR) is 93.6 cm³/mol. The highest BCUT2D eigenvalue weighted by Crippen LogP contribution is 2.22. The highest BCUT2D eigenvalue weighted by Gasteiger charge is 2.24. The SMILES string of the molecule is CCOC(=O)c1cnc2nc(SC)nn2c1NS(=O)(=O)c1cccnc1. The van der Waals surface area contributed by atoms with Gasteiger partial charge in [0, 0.05) is 18.6 Å². The van der Waals surface area contributed by atoms with E-state index in [2.05, 4.69) is 24.8 Å². The van der Waals surface area contributed by atoms with E-state index in [0.29, 0.717) is 5.16 Å². The maximum Gasteiger partial charge on any atom is 0.343 e. The molecule has 0 spiro atoms. The number of carbonyl (C=O) groups is 1. The topological polar surface area (TPSA) is 128 Å². The molecule has 0 saturated heterocycles. The molecule has 1 N–H and O–H groups in total. The van der Waals surface area contributed by atoms with Crippen LogP contribution >= 0.6 is 11.8 Å². The summed E-state index contributed by atoms with van der Waals surface area (Å²) in [5, 5.41) is 4.54. The van der Waals surface area contributed by atoms with Crippen LogP contribution in [-0.4, -0.2) is 51.8 Å². The fourth-order valence-electron chi connectivity index (χ4n) is 2.05. The molecule has 0 saturated carbocycles. The minimum atomic E-state index is -4.02. The molecule has 0 aromatic carbocycles. The number of pyridine rings is 1. The van der Waals surface area contributed by atoms with Gasteiger partial charge in [0.1, 0.15) is 10.5 Å². The van der Waals surface area contributed by atoms with Crippen LogP contribution in [0.1, 0.15) is 17.3 Å². The van der Waals surface area contributed by atoms with Crippen molar-refractivity contribution in [3.63, 3.8) is 0 Å². The average molecular weight is 394 g/mol. The molecule has 0 bridgehead atoms. The molecule has 0 aliphatic carbocycles. The molecule has 0 aliphatic rings. The molecule has 3 rings (SSSR count). The van der Waals surface area contributed by atoms with Crippen molar-refractivity contribution in [2.45, 2.75) is 17.0 Å². The third-order valence-electron chi connectivity index (χ3n) is 3.20. The Morgan fingerprint density at radius 2 is 2.19 bits per heavy atom. The number of thioether (sulfide) groups is 1. The van der Waals surface area contributed by atoms with Crippen LogP contribution in [-0.2, 0) is 14.8 Å². The number of ether oxygens (including phenoxy) is 1. The normalized spacial score (nSPS) is 11.5. The first kappa shape index (κ1) is 18.1. The number of hydrogen-bond donors (Lipinski definition) is 1. The average Bonchev–Trinajstić information content (AvgIpc) is 3.06. The molecule has 26 heavy (non-hydrogen) atoms. The third kappa shape index (κ3) is 3.46. The van der Waals surface area contributed by atoms with E-state index in [1.54, 1.807) is 13.2 Å². The number of rotatable bonds is 6. The number of sulfonamides is 1. The van der Waals surface area contributed by atoms with E-state index in [-0.39, 0.29) is 28.7 Å². The van der Waals surface area contributed by atoms with Crippen molar-refractivity contribution in [1.29, 1.82) is 0 Å². The summed E-state index contributed by atoms with van der Waals surface area (Å²) in [5.41, 5.74) is -0.0793. The second kappa shape index (κ2) is 7.25. The zero-order valence-electron chi connectivity index (χ0n) is 13.8. The number of esters is 1. The van der Waals surface area contributed by atoms with Crippen LogP contribution in [0.5, 0.6) is 0 Å². The summed E-state index contributed by atoms with van der Waals surface area (Å²) in [6.07, 6.45) is 5.61. The lowest BCUT2D eigenvalue weighted by Crippen LogP contribution is -2.20. The molecule has 3 aromatic heterocycles. The Kier molecular flexibility index (Phi) is 5.04. The van der Waals surface area contributed by atoms with Crippen LogP contribution in [0.15, 0.2) is 40.8 Å². The molecule has 3 aromatic rings. The van der Waals surface area contributed by atoms with Crippen LogP contribution in [0, 0.1) is 0 Å². The summed E-state index contributed by atoms with van der Waals surface area (Å²) in [5.74, 6) is -0.691. The smallest absolute Gasteiger partial charge is 0.343 e. The highest BCUT2D eigenvalue weighted by atomic mass is 32.2. The minimum absolute atomic E-state index is 0.0648. The number of carbonyl (C=O) groups excluding carboxylic acids is 1. The van der Waals surface area contributed by atoms with Crippen LogP contribution in [0.4, 0.5) is 5.82 Å². The lowest BCUT2D eigenvalue weighted by molar-refractivity contribution is 0.0526. The molecule has 136 valence electrons. The zero-order chi connectivity index (χ0) is 18.7. The summed E-state index contributed by atoms with van der Waals surface area (Å²) >= 11 is 1.26. The molecule has 0 unspecified atom stereocenters. The first-order chi connectivity index (χ1) is 12.5. The van der Waals surface area contributed by atoms with Gasteiger partial charge in [-0.15, -0.1) is 5.10 Å². The van der Waals surface area contributed by atoms with Crippen molar-refractivity contribution in [1.82, 2.24) is 24.6 Å². The first-order valence-electron chi connectivity index (χ1n) is 7.36. The van der Waals surface area contributed by atoms with Crippen molar-refractivity contribution in [2.24, 2.45) is 0 Å². The monoisotopic (exact) mass is 394 g/mol. The summed E-state index contributed by atoms with van der Waals surface area (Å²) in [6, 6.07) is 2.87. The number of nitrogens with one attached hydrogen (secondary N) is 1. The van der Waals surface area contributed by atoms with Gasteiger partial charge in [-0.05, 0) is 25.3 Å². The molecule has 0 fully saturated rings. The Morgan fingerprint density at radius 1 is 1.38 bits per heavy atom. The zero-order valence-corrected chi connectivity index (χ0v) is 15.4. The standard InChI is InChI=1S/C14H14N6O4S2/c1-3-24-12(21)10-8-16-13-17-14(25-2)18-20(13)11(10)19-26(22,23)9-5-4-6-15-7-9/h4-8,19H,3H2,1-2H3. The highest BCUT2D eigenvalue weighted by molar-refractivity contribution is 7.98. The number of hydrogen-bond acceptors (Lipinski definition) is 9. The third-order valence-corrected chi connectivity index (χ3v) is 5.06. The van der Waals surface area contributed by atoms with E-state index in [0.717, 1.165) is 4.52 Å². The van der Waals surface area contributed by atoms with Crippen molar-refractivity contribution >= 4 is 39.3 Å². The van der Waals surface area contributed by atoms with E-state index >= 15 is 0 Å². The van der Waals surface area contributed by atoms with Gasteiger partial charge in [-0.2, -0.15) is 9.50 Å². The van der Waals surface area contributed by atoms with Gasteiger partial charge in [-0.3, -0.25) is 9.71 Å². The van der Waals surface area contributed by atoms with E-state index in [9.17, 15) is 13.2 Å². The van der Waals surface area contributed by atoms with E-state index in [4.69, 9.17) is 4.74 Å². The largest absolute Gasteiger partial charge is 0.462 e. The maximum absolute atomic E-state index is 12.7. The van der Waals surface area contributed by atoms with Gasteiger partial charge >= 0.3 is 5.97 Å². The fraction of sp³-hybridized carbons (Fsp3) is 0.214. The molecule has 0 atom stereocenters. The van der Waals surface area contributed by atoms with Crippen LogP contribution in [0.3, 0.4) is 0 Å². The minimum Gasteiger partial charge on any atom is -0.462 e. The second-order valence-electron chi connectivity index (χ2n) is 4.85. The molecule has 0 radical (unpaired) electrons. The quantitative estimate of drug-likeness (QED) is 0.484. The molecule has 0 amide bonds. The molecule has 0 aliphatic heterocycles. The predicted octanol–water partition coefficient (Wildman–Crippen LogP) is 1.22. The van der Waals surface area contributed by atoms with Gasteiger partial charge in [0.15, 0.2) is 5.82 Å². The van der Waals surface area contributed by atoms with Crippen molar-refractivity contribution < 1.29 is 17.9 Å². The van der Waals surface area contributed by atoms with Crippen LogP contribution in [0.25, 0.3) is 5.78 Å². The van der Waals surface area contributed by atoms with Crippen LogP contribution < -0.4 is 4.72 Å². The fourth-order valence-corrected chi connectivity index (χ4v) is 3.41. The van der Waals surface area contributed by atoms with E-state index in [1.165, 1.54) is 42.5 Å². The van der Waals surface area contributed by atoms with Gasteiger partial charge in [-0.1, -0.05) is 11.8 Å². The van der Waals surface area contributed by atoms with Crippen molar-refractivity contribution in [3.05, 3.63) is 36.3 Å². The molecular weight excluding hydrogens is 380 g/mol. The van der Waals surface area contributed by atoms with Crippen molar-refractivity contribution in [2.75, 3.05) is 17.6 Å². The summed E-state index contributed by atoms with van der Waals surface area (Å²) < 4.78 is 33.8. The number of fused-ring (bicyclic) bond motifs is 1. The lowest BCUT2D eigenvalue weighted by Gasteiger charge is -2.12. The number of anilines is 1. The Hall–Kier alpha value is -2.73. The Labute approximate surface area is 153 Å². The maximum atomic E-state index is 12.7. The molecular formula is C14H14N6O4S2. The van der Waals surface area contributed by atoms with E-state index in [1.807, 2.05) is 0 Å². The Bertz CT molecular complexity index is 1050. The van der Waals surface area contributed by atoms with Crippen LogP contribution in [0.2, 0.25) is 0 Å². The Morgan fingerprint density at radius 3 is 2.85 bits per heavy atom. The number of aromatic nitrogens is 5. The molecule has 12 heteroatoms. The summed E-state index contributed by atoms with van der Waals surface area (Å²) in [4.78, 5) is 24.2. The van der Waals surface area contributed by atoms with Gasteiger partial charge in [-0.25, -0.2) is 18.2 Å². The molecule has 10 nitrogen and oxygen atoms in total. The Balaban J connectivity index is 2.16. The van der Waals surface area contributed by atoms with Crippen molar-refractivity contribution in [3.8, 4) is 0 Å². The lowest BCUT2D eigenvalue weighted by atomic mass is 10.3. The van der Waals surface area contributed by atoms with Gasteiger partial charge in [0.25, 0.3) is 15.8 Å². The number of nitrogens with zero attached hydrogens (tertiary/aromatic N) is 5. The van der Waals surface area contributed by atoms with Gasteiger partial charge in [0.2, 0.25) is 5.16 Å². The van der Waals surface area contributed by atoms with Gasteiger partial charge in [0.05, 0.1) is 6.61 Å². The molecule has 3 heterocycles. The second-order valence-corrected chi connectivity index (χ2v) is 7.30.